The summed E-state index contributed by atoms with van der Waals surface area (Å²) in [4.78, 5) is 7.42. The Hall–Kier alpha value is -2.36. The molecule has 3 nitrogen and oxygen atoms in total. The molecule has 2 aromatic heterocycles. The molecule has 4 heteroatoms. The molecule has 0 radical (unpaired) electrons. The second kappa shape index (κ2) is 4.88. The Morgan fingerprint density at radius 2 is 2.05 bits per heavy atom. The maximum atomic E-state index is 13.2. The van der Waals surface area contributed by atoms with E-state index in [1.807, 2.05) is 6.07 Å². The zero-order chi connectivity index (χ0) is 14.2. The molecule has 1 aliphatic rings. The fraction of sp³-hybridized carbons (Fsp3) is 0.235. The Bertz CT molecular complexity index is 794. The van der Waals surface area contributed by atoms with Gasteiger partial charge in [-0.3, -0.25) is 0 Å². The highest BCUT2D eigenvalue weighted by Crippen LogP contribution is 2.36. The van der Waals surface area contributed by atoms with Gasteiger partial charge < -0.3 is 10.3 Å². The average molecular weight is 281 g/mol. The highest BCUT2D eigenvalue weighted by molar-refractivity contribution is 5.85. The topological polar surface area (TPSA) is 40.7 Å². The van der Waals surface area contributed by atoms with Gasteiger partial charge in [0.1, 0.15) is 5.82 Å². The maximum Gasteiger partial charge on any atom is 0.214 e. The SMILES string of the molecule is Fc1cccc(NC2CCCc3c2[nH]c2ccccc32)n1. The van der Waals surface area contributed by atoms with E-state index in [4.69, 9.17) is 0 Å². The van der Waals surface area contributed by atoms with Crippen LogP contribution in [0.1, 0.15) is 30.1 Å². The number of anilines is 1. The van der Waals surface area contributed by atoms with Gasteiger partial charge in [-0.15, -0.1) is 0 Å². The summed E-state index contributed by atoms with van der Waals surface area (Å²) in [5.74, 6) is 0.138. The van der Waals surface area contributed by atoms with Crippen molar-refractivity contribution in [2.24, 2.45) is 0 Å². The van der Waals surface area contributed by atoms with Crippen LogP contribution in [0.15, 0.2) is 42.5 Å². The monoisotopic (exact) mass is 281 g/mol. The highest BCUT2D eigenvalue weighted by Gasteiger charge is 2.24. The Kier molecular flexibility index (Phi) is 2.88. The number of aryl methyl sites for hydroxylation is 1. The Balaban J connectivity index is 1.73. The quantitative estimate of drug-likeness (QED) is 0.691. The number of para-hydroxylation sites is 1. The van der Waals surface area contributed by atoms with Gasteiger partial charge in [-0.05, 0) is 43.0 Å². The summed E-state index contributed by atoms with van der Waals surface area (Å²) in [5.41, 5.74) is 3.77. The first kappa shape index (κ1) is 12.4. The van der Waals surface area contributed by atoms with E-state index in [9.17, 15) is 4.39 Å². The zero-order valence-electron chi connectivity index (χ0n) is 11.6. The average Bonchev–Trinajstić information content (AvgIpc) is 2.87. The van der Waals surface area contributed by atoms with Crippen molar-refractivity contribution >= 4 is 16.7 Å². The molecule has 1 aromatic carbocycles. The lowest BCUT2D eigenvalue weighted by atomic mass is 9.91. The maximum absolute atomic E-state index is 13.2. The first-order valence-electron chi connectivity index (χ1n) is 7.30. The summed E-state index contributed by atoms with van der Waals surface area (Å²) in [6, 6.07) is 13.4. The summed E-state index contributed by atoms with van der Waals surface area (Å²) in [6.07, 6.45) is 3.24. The van der Waals surface area contributed by atoms with Gasteiger partial charge in [0.05, 0.1) is 6.04 Å². The third-order valence-corrected chi connectivity index (χ3v) is 4.15. The molecule has 2 heterocycles. The van der Waals surface area contributed by atoms with Gasteiger partial charge in [-0.1, -0.05) is 24.3 Å². The number of hydrogen-bond acceptors (Lipinski definition) is 2. The molecule has 0 bridgehead atoms. The molecule has 1 aliphatic carbocycles. The molecule has 0 amide bonds. The van der Waals surface area contributed by atoms with Gasteiger partial charge in [0.2, 0.25) is 5.95 Å². The molecule has 1 atom stereocenters. The fourth-order valence-electron chi connectivity index (χ4n) is 3.23. The molecule has 0 aliphatic heterocycles. The van der Waals surface area contributed by atoms with Gasteiger partial charge in [0.25, 0.3) is 0 Å². The molecule has 0 spiro atoms. The molecular weight excluding hydrogens is 265 g/mol. The summed E-state index contributed by atoms with van der Waals surface area (Å²) < 4.78 is 13.2. The lowest BCUT2D eigenvalue weighted by molar-refractivity contribution is 0.572. The third-order valence-electron chi connectivity index (χ3n) is 4.15. The van der Waals surface area contributed by atoms with Crippen molar-refractivity contribution in [2.45, 2.75) is 25.3 Å². The van der Waals surface area contributed by atoms with E-state index in [1.54, 1.807) is 12.1 Å². The molecule has 0 saturated heterocycles. The Morgan fingerprint density at radius 3 is 2.95 bits per heavy atom. The fourth-order valence-corrected chi connectivity index (χ4v) is 3.23. The molecule has 2 N–H and O–H groups in total. The van der Waals surface area contributed by atoms with Crippen LogP contribution in [0, 0.1) is 5.95 Å². The largest absolute Gasteiger partial charge is 0.362 e. The summed E-state index contributed by atoms with van der Waals surface area (Å²) in [6.45, 7) is 0. The van der Waals surface area contributed by atoms with Crippen LogP contribution in [0.25, 0.3) is 10.9 Å². The van der Waals surface area contributed by atoms with Crippen molar-refractivity contribution < 1.29 is 4.39 Å². The predicted octanol–water partition coefficient (Wildman–Crippen LogP) is 4.19. The zero-order valence-corrected chi connectivity index (χ0v) is 11.6. The molecule has 21 heavy (non-hydrogen) atoms. The third kappa shape index (κ3) is 2.17. The van der Waals surface area contributed by atoms with Crippen molar-refractivity contribution in [1.82, 2.24) is 9.97 Å². The minimum Gasteiger partial charge on any atom is -0.362 e. The van der Waals surface area contributed by atoms with Crippen LogP contribution >= 0.6 is 0 Å². The summed E-state index contributed by atoms with van der Waals surface area (Å²) in [5, 5.41) is 4.65. The van der Waals surface area contributed by atoms with Gasteiger partial charge in [0.15, 0.2) is 0 Å². The number of halogens is 1. The first-order valence-corrected chi connectivity index (χ1v) is 7.30. The van der Waals surface area contributed by atoms with Crippen LogP contribution < -0.4 is 5.32 Å². The molecule has 0 saturated carbocycles. The van der Waals surface area contributed by atoms with Crippen LogP contribution in [0.4, 0.5) is 10.2 Å². The van der Waals surface area contributed by atoms with Crippen molar-refractivity contribution in [3.63, 3.8) is 0 Å². The number of rotatable bonds is 2. The second-order valence-electron chi connectivity index (χ2n) is 5.50. The van der Waals surface area contributed by atoms with E-state index in [0.29, 0.717) is 5.82 Å². The van der Waals surface area contributed by atoms with E-state index in [0.717, 1.165) is 19.3 Å². The second-order valence-corrected chi connectivity index (χ2v) is 5.50. The molecule has 106 valence electrons. The van der Waals surface area contributed by atoms with Crippen LogP contribution in [0.2, 0.25) is 0 Å². The van der Waals surface area contributed by atoms with Gasteiger partial charge in [0, 0.05) is 16.6 Å². The predicted molar refractivity (Wildman–Crippen MR) is 81.8 cm³/mol. The van der Waals surface area contributed by atoms with Crippen LogP contribution in [0.3, 0.4) is 0 Å². The van der Waals surface area contributed by atoms with Crippen molar-refractivity contribution in [3.05, 3.63) is 59.7 Å². The van der Waals surface area contributed by atoms with Gasteiger partial charge >= 0.3 is 0 Å². The Labute approximate surface area is 122 Å². The number of hydrogen-bond donors (Lipinski definition) is 2. The number of fused-ring (bicyclic) bond motifs is 3. The molecule has 0 fully saturated rings. The van der Waals surface area contributed by atoms with E-state index in [2.05, 4.69) is 33.5 Å². The summed E-state index contributed by atoms with van der Waals surface area (Å²) >= 11 is 0. The minimum absolute atomic E-state index is 0.162. The van der Waals surface area contributed by atoms with Crippen molar-refractivity contribution in [1.29, 1.82) is 0 Å². The number of pyridine rings is 1. The smallest absolute Gasteiger partial charge is 0.214 e. The molecule has 4 rings (SSSR count). The van der Waals surface area contributed by atoms with Crippen molar-refractivity contribution in [2.75, 3.05) is 5.32 Å². The number of H-pyrrole nitrogens is 1. The summed E-state index contributed by atoms with van der Waals surface area (Å²) in [7, 11) is 0. The van der Waals surface area contributed by atoms with E-state index in [-0.39, 0.29) is 6.04 Å². The number of benzene rings is 1. The highest BCUT2D eigenvalue weighted by atomic mass is 19.1. The van der Waals surface area contributed by atoms with Crippen molar-refractivity contribution in [3.8, 4) is 0 Å². The van der Waals surface area contributed by atoms with Crippen LogP contribution in [-0.4, -0.2) is 9.97 Å². The Morgan fingerprint density at radius 1 is 1.14 bits per heavy atom. The molecular formula is C17H16FN3. The number of aromatic nitrogens is 2. The number of nitrogens with one attached hydrogen (secondary N) is 2. The molecule has 1 unspecified atom stereocenters. The number of aromatic amines is 1. The number of nitrogens with zero attached hydrogens (tertiary/aromatic N) is 1. The van der Waals surface area contributed by atoms with E-state index >= 15 is 0 Å². The van der Waals surface area contributed by atoms with E-state index < -0.39 is 5.95 Å². The molecule has 3 aromatic rings. The van der Waals surface area contributed by atoms with E-state index in [1.165, 1.54) is 28.2 Å². The lowest BCUT2D eigenvalue weighted by Gasteiger charge is -2.24. The normalized spacial score (nSPS) is 17.7. The minimum atomic E-state index is -0.451. The van der Waals surface area contributed by atoms with Gasteiger partial charge in [-0.2, -0.15) is 4.39 Å². The van der Waals surface area contributed by atoms with Gasteiger partial charge in [-0.25, -0.2) is 4.98 Å². The van der Waals surface area contributed by atoms with Crippen LogP contribution in [0.5, 0.6) is 0 Å². The van der Waals surface area contributed by atoms with Crippen LogP contribution in [-0.2, 0) is 6.42 Å². The first-order chi connectivity index (χ1) is 10.3. The lowest BCUT2D eigenvalue weighted by Crippen LogP contribution is -2.17. The standard InChI is InChI=1S/C17H16FN3/c18-15-9-4-10-16(21-15)19-14-8-3-6-12-11-5-1-2-7-13(11)20-17(12)14/h1-2,4-5,7,9-10,14,20H,3,6,8H2,(H,19,21).